The highest BCUT2D eigenvalue weighted by atomic mass is 16.3. The molecule has 1 aromatic rings. The van der Waals surface area contributed by atoms with E-state index in [1.54, 1.807) is 12.1 Å². The number of hydrogen-bond donors (Lipinski definition) is 2. The molecule has 1 saturated heterocycles. The van der Waals surface area contributed by atoms with Gasteiger partial charge in [-0.15, -0.1) is 0 Å². The SMILES string of the molecule is CN1CCC(N)(c2cccc(O)c2)CC1. The van der Waals surface area contributed by atoms with E-state index in [0.29, 0.717) is 5.75 Å². The molecule has 1 fully saturated rings. The lowest BCUT2D eigenvalue weighted by atomic mass is 9.82. The van der Waals surface area contributed by atoms with E-state index in [4.69, 9.17) is 5.73 Å². The van der Waals surface area contributed by atoms with Crippen molar-refractivity contribution in [2.24, 2.45) is 5.73 Å². The van der Waals surface area contributed by atoms with Crippen molar-refractivity contribution in [2.75, 3.05) is 20.1 Å². The second-order valence-electron chi connectivity index (χ2n) is 4.51. The molecule has 2 rings (SSSR count). The molecule has 0 spiro atoms. The van der Waals surface area contributed by atoms with Crippen LogP contribution in [0.4, 0.5) is 0 Å². The van der Waals surface area contributed by atoms with Gasteiger partial charge in [0, 0.05) is 5.54 Å². The molecular weight excluding hydrogens is 188 g/mol. The quantitative estimate of drug-likeness (QED) is 0.727. The summed E-state index contributed by atoms with van der Waals surface area (Å²) in [6.07, 6.45) is 1.90. The molecule has 0 amide bonds. The summed E-state index contributed by atoms with van der Waals surface area (Å²) in [6, 6.07) is 7.33. The Morgan fingerprint density at radius 3 is 2.60 bits per heavy atom. The Morgan fingerprint density at radius 2 is 2.00 bits per heavy atom. The van der Waals surface area contributed by atoms with E-state index in [-0.39, 0.29) is 5.54 Å². The molecule has 0 unspecified atom stereocenters. The first kappa shape index (κ1) is 10.5. The third-order valence-corrected chi connectivity index (χ3v) is 3.30. The molecule has 82 valence electrons. The molecule has 3 heteroatoms. The van der Waals surface area contributed by atoms with Gasteiger partial charge in [-0.3, -0.25) is 0 Å². The molecule has 3 N–H and O–H groups in total. The lowest BCUT2D eigenvalue weighted by Gasteiger charge is -2.38. The van der Waals surface area contributed by atoms with Gasteiger partial charge in [-0.25, -0.2) is 0 Å². The van der Waals surface area contributed by atoms with Gasteiger partial charge in [-0.2, -0.15) is 0 Å². The average molecular weight is 206 g/mol. The summed E-state index contributed by atoms with van der Waals surface area (Å²) >= 11 is 0. The van der Waals surface area contributed by atoms with E-state index < -0.39 is 0 Å². The molecule has 1 aromatic carbocycles. The number of piperidine rings is 1. The van der Waals surface area contributed by atoms with Gasteiger partial charge < -0.3 is 15.7 Å². The first-order valence-corrected chi connectivity index (χ1v) is 5.37. The van der Waals surface area contributed by atoms with Gasteiger partial charge in [-0.05, 0) is 50.7 Å². The van der Waals surface area contributed by atoms with Crippen LogP contribution in [0.2, 0.25) is 0 Å². The Morgan fingerprint density at radius 1 is 1.33 bits per heavy atom. The lowest BCUT2D eigenvalue weighted by molar-refractivity contribution is 0.191. The summed E-state index contributed by atoms with van der Waals surface area (Å²) in [4.78, 5) is 2.29. The predicted molar refractivity (Wildman–Crippen MR) is 60.7 cm³/mol. The van der Waals surface area contributed by atoms with Crippen LogP contribution in [0, 0.1) is 0 Å². The Balaban J connectivity index is 2.22. The molecule has 3 nitrogen and oxygen atoms in total. The summed E-state index contributed by atoms with van der Waals surface area (Å²) in [6.45, 7) is 2.04. The van der Waals surface area contributed by atoms with Crippen molar-refractivity contribution in [3.63, 3.8) is 0 Å². The molecule has 0 atom stereocenters. The number of rotatable bonds is 1. The van der Waals surface area contributed by atoms with Crippen molar-refractivity contribution in [2.45, 2.75) is 18.4 Å². The van der Waals surface area contributed by atoms with E-state index in [1.807, 2.05) is 12.1 Å². The summed E-state index contributed by atoms with van der Waals surface area (Å²) in [5.74, 6) is 0.302. The number of nitrogens with two attached hydrogens (primary N) is 1. The average Bonchev–Trinajstić information content (AvgIpc) is 2.23. The Labute approximate surface area is 90.5 Å². The van der Waals surface area contributed by atoms with Crippen molar-refractivity contribution >= 4 is 0 Å². The van der Waals surface area contributed by atoms with Crippen LogP contribution in [0.15, 0.2) is 24.3 Å². The van der Waals surface area contributed by atoms with E-state index in [1.165, 1.54) is 0 Å². The van der Waals surface area contributed by atoms with Crippen LogP contribution in [0.25, 0.3) is 0 Å². The number of hydrogen-bond acceptors (Lipinski definition) is 3. The minimum atomic E-state index is -0.259. The highest BCUT2D eigenvalue weighted by Crippen LogP contribution is 2.31. The maximum absolute atomic E-state index is 9.44. The first-order valence-electron chi connectivity index (χ1n) is 5.37. The predicted octanol–water partition coefficient (Wildman–Crippen LogP) is 1.27. The van der Waals surface area contributed by atoms with Gasteiger partial charge in [0.1, 0.15) is 5.75 Å². The van der Waals surface area contributed by atoms with Gasteiger partial charge >= 0.3 is 0 Å². The zero-order valence-electron chi connectivity index (χ0n) is 9.11. The van der Waals surface area contributed by atoms with Gasteiger partial charge in [0.05, 0.1) is 0 Å². The normalized spacial score (nSPS) is 21.5. The standard InChI is InChI=1S/C12H18N2O/c1-14-7-5-12(13,6-8-14)10-3-2-4-11(15)9-10/h2-4,9,15H,5-8,13H2,1H3. The number of benzene rings is 1. The molecular formula is C12H18N2O. The molecule has 0 saturated carbocycles. The van der Waals surface area contributed by atoms with Crippen molar-refractivity contribution in [3.05, 3.63) is 29.8 Å². The van der Waals surface area contributed by atoms with Crippen LogP contribution in [-0.4, -0.2) is 30.1 Å². The zero-order valence-corrected chi connectivity index (χ0v) is 9.11. The maximum atomic E-state index is 9.44. The van der Waals surface area contributed by atoms with E-state index in [0.717, 1.165) is 31.5 Å². The van der Waals surface area contributed by atoms with Gasteiger partial charge in [0.15, 0.2) is 0 Å². The summed E-state index contributed by atoms with van der Waals surface area (Å²) < 4.78 is 0. The Hall–Kier alpha value is -1.06. The molecule has 15 heavy (non-hydrogen) atoms. The van der Waals surface area contributed by atoms with Gasteiger partial charge in [-0.1, -0.05) is 12.1 Å². The lowest BCUT2D eigenvalue weighted by Crippen LogP contribution is -2.46. The van der Waals surface area contributed by atoms with E-state index >= 15 is 0 Å². The molecule has 1 heterocycles. The van der Waals surface area contributed by atoms with Crippen LogP contribution in [0.5, 0.6) is 5.75 Å². The maximum Gasteiger partial charge on any atom is 0.115 e. The smallest absolute Gasteiger partial charge is 0.115 e. The van der Waals surface area contributed by atoms with Crippen LogP contribution in [0.1, 0.15) is 18.4 Å². The summed E-state index contributed by atoms with van der Waals surface area (Å²) in [5.41, 5.74) is 7.17. The minimum absolute atomic E-state index is 0.259. The summed E-state index contributed by atoms with van der Waals surface area (Å²) in [5, 5.41) is 9.44. The second-order valence-corrected chi connectivity index (χ2v) is 4.51. The molecule has 1 aliphatic heterocycles. The zero-order chi connectivity index (χ0) is 10.9. The Kier molecular flexibility index (Phi) is 2.67. The Bertz CT molecular complexity index is 343. The number of nitrogens with zero attached hydrogens (tertiary/aromatic N) is 1. The van der Waals surface area contributed by atoms with Crippen molar-refractivity contribution in [3.8, 4) is 5.75 Å². The third-order valence-electron chi connectivity index (χ3n) is 3.30. The molecule has 0 radical (unpaired) electrons. The number of aromatic hydroxyl groups is 1. The van der Waals surface area contributed by atoms with Crippen molar-refractivity contribution < 1.29 is 5.11 Å². The van der Waals surface area contributed by atoms with Crippen LogP contribution in [0.3, 0.4) is 0 Å². The molecule has 1 aliphatic rings. The number of phenols is 1. The summed E-state index contributed by atoms with van der Waals surface area (Å²) in [7, 11) is 2.11. The highest BCUT2D eigenvalue weighted by molar-refractivity contribution is 5.32. The topological polar surface area (TPSA) is 49.5 Å². The fourth-order valence-corrected chi connectivity index (χ4v) is 2.12. The number of likely N-dealkylation sites (tertiary alicyclic amines) is 1. The van der Waals surface area contributed by atoms with Crippen molar-refractivity contribution in [1.29, 1.82) is 0 Å². The van der Waals surface area contributed by atoms with Crippen LogP contribution >= 0.6 is 0 Å². The monoisotopic (exact) mass is 206 g/mol. The van der Waals surface area contributed by atoms with Gasteiger partial charge in [0.25, 0.3) is 0 Å². The molecule has 0 aromatic heterocycles. The largest absolute Gasteiger partial charge is 0.508 e. The second kappa shape index (κ2) is 3.83. The van der Waals surface area contributed by atoms with E-state index in [2.05, 4.69) is 11.9 Å². The third kappa shape index (κ3) is 2.13. The van der Waals surface area contributed by atoms with Crippen LogP contribution in [-0.2, 0) is 5.54 Å². The fourth-order valence-electron chi connectivity index (χ4n) is 2.12. The van der Waals surface area contributed by atoms with Crippen molar-refractivity contribution in [1.82, 2.24) is 4.90 Å². The molecule has 0 aliphatic carbocycles. The minimum Gasteiger partial charge on any atom is -0.508 e. The molecule has 0 bridgehead atoms. The highest BCUT2D eigenvalue weighted by Gasteiger charge is 2.31. The fraction of sp³-hybridized carbons (Fsp3) is 0.500. The first-order chi connectivity index (χ1) is 7.10. The number of phenolic OH excluding ortho intramolecular Hbond substituents is 1. The van der Waals surface area contributed by atoms with Crippen LogP contribution < -0.4 is 5.73 Å². The van der Waals surface area contributed by atoms with Gasteiger partial charge in [0.2, 0.25) is 0 Å². The van der Waals surface area contributed by atoms with E-state index in [9.17, 15) is 5.11 Å².